The molecule has 1 rings (SSSR count). The van der Waals surface area contributed by atoms with E-state index >= 15 is 0 Å². The van der Waals surface area contributed by atoms with Gasteiger partial charge in [0, 0.05) is 5.56 Å². The maximum absolute atomic E-state index is 9.74. The third-order valence-corrected chi connectivity index (χ3v) is 2.19. The number of phenols is 1. The zero-order valence-electron chi connectivity index (χ0n) is 10.7. The quantitative estimate of drug-likeness (QED) is 0.774. The van der Waals surface area contributed by atoms with E-state index in [1.165, 1.54) is 0 Å². The van der Waals surface area contributed by atoms with E-state index in [1.54, 1.807) is 6.07 Å². The van der Waals surface area contributed by atoms with Gasteiger partial charge in [0.2, 0.25) is 0 Å². The molecular weight excluding hydrogens is 202 g/mol. The molecule has 1 atom stereocenters. The van der Waals surface area contributed by atoms with E-state index in [1.807, 2.05) is 46.8 Å². The maximum Gasteiger partial charge on any atom is 0.120 e. The maximum atomic E-state index is 9.74. The number of aromatic hydroxyl groups is 1. The molecule has 0 heterocycles. The van der Waals surface area contributed by atoms with Gasteiger partial charge in [-0.05, 0) is 40.7 Å². The second-order valence-corrected chi connectivity index (χ2v) is 5.12. The molecule has 0 saturated carbocycles. The van der Waals surface area contributed by atoms with Crippen molar-refractivity contribution in [2.45, 2.75) is 46.3 Å². The third kappa shape index (κ3) is 3.83. The second-order valence-electron chi connectivity index (χ2n) is 5.12. The van der Waals surface area contributed by atoms with Crippen LogP contribution in [0.2, 0.25) is 0 Å². The van der Waals surface area contributed by atoms with Crippen LogP contribution in [0, 0.1) is 6.92 Å². The van der Waals surface area contributed by atoms with Gasteiger partial charge in [-0.25, -0.2) is 0 Å². The molecular formula is C13H21NO2. The van der Waals surface area contributed by atoms with Crippen LogP contribution in [0.3, 0.4) is 0 Å². The van der Waals surface area contributed by atoms with Gasteiger partial charge >= 0.3 is 0 Å². The first-order valence-corrected chi connectivity index (χ1v) is 5.52. The van der Waals surface area contributed by atoms with Crippen LogP contribution in [0.1, 0.15) is 44.9 Å². The molecule has 90 valence electrons. The monoisotopic (exact) mass is 223 g/mol. The number of phenolic OH excluding ortho intramolecular Hbond substituents is 1. The average molecular weight is 223 g/mol. The first-order valence-electron chi connectivity index (χ1n) is 5.52. The molecule has 0 amide bonds. The molecule has 16 heavy (non-hydrogen) atoms. The SMILES string of the molecule is Cc1ccc(O)c(C(C)NOC(C)(C)C)c1. The summed E-state index contributed by atoms with van der Waals surface area (Å²) in [5.74, 6) is 0.295. The topological polar surface area (TPSA) is 41.5 Å². The number of hydrogen-bond donors (Lipinski definition) is 2. The van der Waals surface area contributed by atoms with E-state index in [-0.39, 0.29) is 11.6 Å². The summed E-state index contributed by atoms with van der Waals surface area (Å²) in [6, 6.07) is 5.51. The lowest BCUT2D eigenvalue weighted by Gasteiger charge is -2.23. The van der Waals surface area contributed by atoms with Crippen LogP contribution in [-0.4, -0.2) is 10.7 Å². The van der Waals surface area contributed by atoms with Crippen molar-refractivity contribution >= 4 is 0 Å². The van der Waals surface area contributed by atoms with Gasteiger partial charge in [-0.1, -0.05) is 17.7 Å². The summed E-state index contributed by atoms with van der Waals surface area (Å²) in [6.45, 7) is 9.88. The molecule has 0 aliphatic rings. The number of hydroxylamine groups is 1. The van der Waals surface area contributed by atoms with Gasteiger partial charge in [0.05, 0.1) is 11.6 Å². The van der Waals surface area contributed by atoms with Gasteiger partial charge in [0.25, 0.3) is 0 Å². The van der Waals surface area contributed by atoms with E-state index in [9.17, 15) is 5.11 Å². The molecule has 2 N–H and O–H groups in total. The highest BCUT2D eigenvalue weighted by atomic mass is 16.7. The third-order valence-electron chi connectivity index (χ3n) is 2.19. The fraction of sp³-hybridized carbons (Fsp3) is 0.538. The summed E-state index contributed by atoms with van der Waals surface area (Å²) in [4.78, 5) is 5.48. The van der Waals surface area contributed by atoms with Crippen LogP contribution in [0.15, 0.2) is 18.2 Å². The number of hydrogen-bond acceptors (Lipinski definition) is 3. The molecule has 0 aliphatic heterocycles. The minimum absolute atomic E-state index is 0.0425. The van der Waals surface area contributed by atoms with Crippen molar-refractivity contribution in [3.05, 3.63) is 29.3 Å². The minimum atomic E-state index is -0.242. The Morgan fingerprint density at radius 3 is 2.50 bits per heavy atom. The fourth-order valence-electron chi connectivity index (χ4n) is 1.35. The van der Waals surface area contributed by atoms with Crippen LogP contribution in [0.25, 0.3) is 0 Å². The zero-order chi connectivity index (χ0) is 12.3. The number of aryl methyl sites for hydroxylation is 1. The van der Waals surface area contributed by atoms with Crippen LogP contribution < -0.4 is 5.48 Å². The van der Waals surface area contributed by atoms with Crippen molar-refractivity contribution in [2.75, 3.05) is 0 Å². The first kappa shape index (κ1) is 13.0. The predicted octanol–water partition coefficient (Wildman–Crippen LogP) is 3.08. The van der Waals surface area contributed by atoms with E-state index < -0.39 is 0 Å². The average Bonchev–Trinajstić information content (AvgIpc) is 2.17. The Hall–Kier alpha value is -1.06. The largest absolute Gasteiger partial charge is 0.508 e. The lowest BCUT2D eigenvalue weighted by Crippen LogP contribution is -2.31. The van der Waals surface area contributed by atoms with Crippen LogP contribution >= 0.6 is 0 Å². The van der Waals surface area contributed by atoms with Crippen molar-refractivity contribution in [1.29, 1.82) is 0 Å². The minimum Gasteiger partial charge on any atom is -0.508 e. The molecule has 0 radical (unpaired) electrons. The number of nitrogens with one attached hydrogen (secondary N) is 1. The van der Waals surface area contributed by atoms with Crippen LogP contribution in [-0.2, 0) is 4.84 Å². The Morgan fingerprint density at radius 1 is 1.31 bits per heavy atom. The summed E-state index contributed by atoms with van der Waals surface area (Å²) in [5, 5.41) is 9.74. The fourth-order valence-corrected chi connectivity index (χ4v) is 1.35. The van der Waals surface area contributed by atoms with Gasteiger partial charge in [0.1, 0.15) is 5.75 Å². The van der Waals surface area contributed by atoms with Gasteiger partial charge in [-0.15, -0.1) is 0 Å². The van der Waals surface area contributed by atoms with Gasteiger partial charge in [0.15, 0.2) is 0 Å². The predicted molar refractivity (Wildman–Crippen MR) is 65.2 cm³/mol. The molecule has 1 unspecified atom stereocenters. The number of rotatable bonds is 3. The van der Waals surface area contributed by atoms with E-state index in [4.69, 9.17) is 4.84 Å². The van der Waals surface area contributed by atoms with Crippen molar-refractivity contribution < 1.29 is 9.94 Å². The molecule has 0 aliphatic carbocycles. The molecule has 0 aromatic heterocycles. The summed E-state index contributed by atoms with van der Waals surface area (Å²) < 4.78 is 0. The normalized spacial score (nSPS) is 13.8. The lowest BCUT2D eigenvalue weighted by molar-refractivity contribution is -0.0868. The van der Waals surface area contributed by atoms with Crippen molar-refractivity contribution in [3.63, 3.8) is 0 Å². The van der Waals surface area contributed by atoms with Crippen LogP contribution in [0.4, 0.5) is 0 Å². The van der Waals surface area contributed by atoms with Gasteiger partial charge in [-0.2, -0.15) is 5.48 Å². The summed E-state index contributed by atoms with van der Waals surface area (Å²) in [7, 11) is 0. The van der Waals surface area contributed by atoms with Crippen LogP contribution in [0.5, 0.6) is 5.75 Å². The zero-order valence-corrected chi connectivity index (χ0v) is 10.7. The highest BCUT2D eigenvalue weighted by molar-refractivity contribution is 5.37. The molecule has 0 bridgehead atoms. The van der Waals surface area contributed by atoms with E-state index in [0.717, 1.165) is 11.1 Å². The standard InChI is InChI=1S/C13H21NO2/c1-9-6-7-12(15)11(8-9)10(2)14-16-13(3,4)5/h6-8,10,14-15H,1-5H3. The molecule has 1 aromatic rings. The molecule has 0 fully saturated rings. The summed E-state index contributed by atoms with van der Waals surface area (Å²) >= 11 is 0. The highest BCUT2D eigenvalue weighted by Gasteiger charge is 2.15. The molecule has 0 saturated heterocycles. The number of benzene rings is 1. The van der Waals surface area contributed by atoms with E-state index in [0.29, 0.717) is 5.75 Å². The Kier molecular flexibility index (Phi) is 3.94. The summed E-state index contributed by atoms with van der Waals surface area (Å²) in [6.07, 6.45) is 0. The Morgan fingerprint density at radius 2 is 1.94 bits per heavy atom. The first-order chi connectivity index (χ1) is 7.29. The molecule has 3 heteroatoms. The van der Waals surface area contributed by atoms with E-state index in [2.05, 4.69) is 5.48 Å². The van der Waals surface area contributed by atoms with Crippen molar-refractivity contribution in [1.82, 2.24) is 5.48 Å². The van der Waals surface area contributed by atoms with Crippen molar-refractivity contribution in [3.8, 4) is 5.75 Å². The molecule has 1 aromatic carbocycles. The lowest BCUT2D eigenvalue weighted by atomic mass is 10.1. The Labute approximate surface area is 97.4 Å². The Balaban J connectivity index is 2.73. The highest BCUT2D eigenvalue weighted by Crippen LogP contribution is 2.25. The second kappa shape index (κ2) is 4.85. The smallest absolute Gasteiger partial charge is 0.120 e. The molecule has 0 spiro atoms. The van der Waals surface area contributed by atoms with Gasteiger partial charge in [-0.3, -0.25) is 4.84 Å². The van der Waals surface area contributed by atoms with Gasteiger partial charge < -0.3 is 5.11 Å². The Bertz CT molecular complexity index is 355. The molecule has 3 nitrogen and oxygen atoms in total. The van der Waals surface area contributed by atoms with Crippen molar-refractivity contribution in [2.24, 2.45) is 0 Å². The summed E-state index contributed by atoms with van der Waals surface area (Å²) in [5.41, 5.74) is 4.68.